The minimum absolute atomic E-state index is 0.203. The van der Waals surface area contributed by atoms with Gasteiger partial charge in [0.1, 0.15) is 11.6 Å². The van der Waals surface area contributed by atoms with Gasteiger partial charge in [-0.05, 0) is 36.4 Å². The van der Waals surface area contributed by atoms with E-state index >= 15 is 0 Å². The van der Waals surface area contributed by atoms with Crippen LogP contribution < -0.4 is 4.74 Å². The highest BCUT2D eigenvalue weighted by Gasteiger charge is 2.01. The molecule has 0 aliphatic heterocycles. The summed E-state index contributed by atoms with van der Waals surface area (Å²) >= 11 is 1.42. The quantitative estimate of drug-likeness (QED) is 0.612. The third-order valence-electron chi connectivity index (χ3n) is 2.43. The SMILES string of the molecule is N#Cc1ccc(OCCSc2ccccc2F)cc1. The topological polar surface area (TPSA) is 33.0 Å². The number of halogens is 1. The standard InChI is InChI=1S/C15H12FNOS/c16-14-3-1-2-4-15(14)19-10-9-18-13-7-5-12(11-17)6-8-13/h1-8H,9-10H2. The third kappa shape index (κ3) is 4.01. The zero-order chi connectivity index (χ0) is 13.5. The molecular weight excluding hydrogens is 261 g/mol. The molecule has 2 aromatic carbocycles. The summed E-state index contributed by atoms with van der Waals surface area (Å²) in [6.07, 6.45) is 0. The molecule has 0 bridgehead atoms. The van der Waals surface area contributed by atoms with Gasteiger partial charge in [-0.25, -0.2) is 4.39 Å². The average Bonchev–Trinajstić information content (AvgIpc) is 2.46. The molecule has 2 rings (SSSR count). The van der Waals surface area contributed by atoms with Crippen LogP contribution in [0.2, 0.25) is 0 Å². The first-order valence-corrected chi connectivity index (χ1v) is 6.78. The fourth-order valence-corrected chi connectivity index (χ4v) is 2.27. The second kappa shape index (κ2) is 6.81. The van der Waals surface area contributed by atoms with Gasteiger partial charge in [-0.3, -0.25) is 0 Å². The highest BCUT2D eigenvalue weighted by atomic mass is 32.2. The van der Waals surface area contributed by atoms with E-state index in [9.17, 15) is 4.39 Å². The van der Waals surface area contributed by atoms with E-state index in [1.807, 2.05) is 12.1 Å². The Balaban J connectivity index is 1.78. The van der Waals surface area contributed by atoms with Crippen molar-refractivity contribution in [2.75, 3.05) is 12.4 Å². The lowest BCUT2D eigenvalue weighted by molar-refractivity contribution is 0.344. The first-order chi connectivity index (χ1) is 9.29. The molecular formula is C15H12FNOS. The molecule has 2 nitrogen and oxygen atoms in total. The Morgan fingerprint density at radius 1 is 1.11 bits per heavy atom. The Labute approximate surface area is 115 Å². The van der Waals surface area contributed by atoms with Gasteiger partial charge in [0.2, 0.25) is 0 Å². The van der Waals surface area contributed by atoms with Gasteiger partial charge in [0.25, 0.3) is 0 Å². The van der Waals surface area contributed by atoms with Gasteiger partial charge >= 0.3 is 0 Å². The number of hydrogen-bond donors (Lipinski definition) is 0. The van der Waals surface area contributed by atoms with Crippen LogP contribution in [0.5, 0.6) is 5.75 Å². The van der Waals surface area contributed by atoms with Gasteiger partial charge in [-0.1, -0.05) is 12.1 Å². The Hall–Kier alpha value is -1.99. The van der Waals surface area contributed by atoms with E-state index in [0.29, 0.717) is 28.6 Å². The number of ether oxygens (including phenoxy) is 1. The molecule has 0 aliphatic carbocycles. The molecule has 0 N–H and O–H groups in total. The Kier molecular flexibility index (Phi) is 4.82. The Morgan fingerprint density at radius 3 is 2.53 bits per heavy atom. The summed E-state index contributed by atoms with van der Waals surface area (Å²) in [5, 5.41) is 8.67. The highest BCUT2D eigenvalue weighted by molar-refractivity contribution is 7.99. The lowest BCUT2D eigenvalue weighted by Gasteiger charge is -2.06. The number of hydrogen-bond acceptors (Lipinski definition) is 3. The summed E-state index contributed by atoms with van der Waals surface area (Å²) in [6.45, 7) is 0.491. The number of benzene rings is 2. The second-order valence-corrected chi connectivity index (χ2v) is 4.90. The summed E-state index contributed by atoms with van der Waals surface area (Å²) in [5.74, 6) is 1.18. The molecule has 0 aliphatic rings. The lowest BCUT2D eigenvalue weighted by atomic mass is 10.2. The van der Waals surface area contributed by atoms with Crippen molar-refractivity contribution in [2.24, 2.45) is 0 Å². The number of rotatable bonds is 5. The third-order valence-corrected chi connectivity index (χ3v) is 3.44. The molecule has 4 heteroatoms. The van der Waals surface area contributed by atoms with Crippen LogP contribution in [0.4, 0.5) is 4.39 Å². The molecule has 0 unspecified atom stereocenters. The normalized spacial score (nSPS) is 9.89. The van der Waals surface area contributed by atoms with E-state index in [0.717, 1.165) is 0 Å². The van der Waals surface area contributed by atoms with Crippen LogP contribution in [0.15, 0.2) is 53.4 Å². The van der Waals surface area contributed by atoms with E-state index in [2.05, 4.69) is 0 Å². The zero-order valence-electron chi connectivity index (χ0n) is 10.2. The first-order valence-electron chi connectivity index (χ1n) is 5.80. The minimum atomic E-state index is -0.203. The molecule has 0 heterocycles. The molecule has 2 aromatic rings. The maximum Gasteiger partial charge on any atom is 0.136 e. The molecule has 0 saturated carbocycles. The van der Waals surface area contributed by atoms with Gasteiger partial charge in [-0.2, -0.15) is 5.26 Å². The molecule has 0 saturated heterocycles. The van der Waals surface area contributed by atoms with E-state index in [4.69, 9.17) is 10.00 Å². The summed E-state index contributed by atoms with van der Waals surface area (Å²) in [5.41, 5.74) is 0.605. The van der Waals surface area contributed by atoms with Crippen molar-refractivity contribution in [1.29, 1.82) is 5.26 Å². The van der Waals surface area contributed by atoms with Crippen molar-refractivity contribution in [3.8, 4) is 11.8 Å². The van der Waals surface area contributed by atoms with Crippen LogP contribution in [-0.2, 0) is 0 Å². The molecule has 96 valence electrons. The lowest BCUT2D eigenvalue weighted by Crippen LogP contribution is -2.00. The largest absolute Gasteiger partial charge is 0.493 e. The zero-order valence-corrected chi connectivity index (χ0v) is 11.0. The Bertz CT molecular complexity index is 577. The van der Waals surface area contributed by atoms with Crippen LogP contribution in [0.1, 0.15) is 5.56 Å². The smallest absolute Gasteiger partial charge is 0.136 e. The van der Waals surface area contributed by atoms with Crippen molar-refractivity contribution >= 4 is 11.8 Å². The highest BCUT2D eigenvalue weighted by Crippen LogP contribution is 2.21. The fraction of sp³-hybridized carbons (Fsp3) is 0.133. The van der Waals surface area contributed by atoms with Gasteiger partial charge in [0.05, 0.1) is 18.2 Å². The maximum absolute atomic E-state index is 13.3. The van der Waals surface area contributed by atoms with E-state index < -0.39 is 0 Å². The van der Waals surface area contributed by atoms with Crippen LogP contribution in [0, 0.1) is 17.1 Å². The molecule has 0 aromatic heterocycles. The predicted molar refractivity (Wildman–Crippen MR) is 73.8 cm³/mol. The Morgan fingerprint density at radius 2 is 1.84 bits per heavy atom. The number of thioether (sulfide) groups is 1. The molecule has 0 spiro atoms. The summed E-state index contributed by atoms with van der Waals surface area (Å²) < 4.78 is 18.8. The molecule has 0 radical (unpaired) electrons. The van der Waals surface area contributed by atoms with Crippen LogP contribution >= 0.6 is 11.8 Å². The van der Waals surface area contributed by atoms with Gasteiger partial charge in [0.15, 0.2) is 0 Å². The fourth-order valence-electron chi connectivity index (χ4n) is 1.50. The summed E-state index contributed by atoms with van der Waals surface area (Å²) in [7, 11) is 0. The summed E-state index contributed by atoms with van der Waals surface area (Å²) in [4.78, 5) is 0.630. The van der Waals surface area contributed by atoms with E-state index in [-0.39, 0.29) is 5.82 Å². The minimum Gasteiger partial charge on any atom is -0.493 e. The number of nitriles is 1. The van der Waals surface area contributed by atoms with Crippen molar-refractivity contribution in [2.45, 2.75) is 4.90 Å². The van der Waals surface area contributed by atoms with Crippen molar-refractivity contribution < 1.29 is 9.13 Å². The predicted octanol–water partition coefficient (Wildman–Crippen LogP) is 3.87. The molecule has 0 atom stereocenters. The molecule has 0 fully saturated rings. The van der Waals surface area contributed by atoms with Gasteiger partial charge < -0.3 is 4.74 Å². The monoisotopic (exact) mass is 273 g/mol. The van der Waals surface area contributed by atoms with Crippen LogP contribution in [0.25, 0.3) is 0 Å². The van der Waals surface area contributed by atoms with Gasteiger partial charge in [-0.15, -0.1) is 11.8 Å². The van der Waals surface area contributed by atoms with E-state index in [1.54, 1.807) is 36.4 Å². The van der Waals surface area contributed by atoms with Crippen molar-refractivity contribution in [3.05, 3.63) is 59.9 Å². The summed E-state index contributed by atoms with van der Waals surface area (Å²) in [6, 6.07) is 15.7. The first kappa shape index (κ1) is 13.4. The van der Waals surface area contributed by atoms with Crippen LogP contribution in [0.3, 0.4) is 0 Å². The number of nitrogens with zero attached hydrogens (tertiary/aromatic N) is 1. The average molecular weight is 273 g/mol. The van der Waals surface area contributed by atoms with Crippen molar-refractivity contribution in [3.63, 3.8) is 0 Å². The van der Waals surface area contributed by atoms with Crippen LogP contribution in [-0.4, -0.2) is 12.4 Å². The molecule has 0 amide bonds. The van der Waals surface area contributed by atoms with E-state index in [1.165, 1.54) is 17.8 Å². The second-order valence-electron chi connectivity index (χ2n) is 3.76. The maximum atomic E-state index is 13.3. The van der Waals surface area contributed by atoms with Gasteiger partial charge in [0, 0.05) is 10.6 Å². The van der Waals surface area contributed by atoms with Crippen molar-refractivity contribution in [1.82, 2.24) is 0 Å². The molecule has 19 heavy (non-hydrogen) atoms.